The van der Waals surface area contributed by atoms with Crippen LogP contribution in [0.3, 0.4) is 0 Å². The van der Waals surface area contributed by atoms with Gasteiger partial charge in [-0.15, -0.1) is 34.4 Å². The summed E-state index contributed by atoms with van der Waals surface area (Å²) in [6.45, 7) is 2.01. The number of hydrogen-bond donors (Lipinski definition) is 2. The lowest BCUT2D eigenvalue weighted by Gasteiger charge is -2.24. The first-order chi connectivity index (χ1) is 13.5. The number of thiazole rings is 1. The van der Waals surface area contributed by atoms with Gasteiger partial charge in [-0.25, -0.2) is 4.98 Å². The predicted molar refractivity (Wildman–Crippen MR) is 123 cm³/mol. The van der Waals surface area contributed by atoms with E-state index in [1.807, 2.05) is 49.0 Å². The van der Waals surface area contributed by atoms with Gasteiger partial charge in [-0.05, 0) is 48.6 Å². The van der Waals surface area contributed by atoms with Crippen molar-refractivity contribution < 1.29 is 0 Å². The number of thiophene rings is 1. The van der Waals surface area contributed by atoms with Crippen molar-refractivity contribution in [3.63, 3.8) is 0 Å². The monoisotopic (exact) mass is 444 g/mol. The number of nitrogens with one attached hydrogen (secondary N) is 1. The minimum atomic E-state index is -0.656. The van der Waals surface area contributed by atoms with Crippen molar-refractivity contribution in [3.8, 4) is 11.3 Å². The fourth-order valence-corrected chi connectivity index (χ4v) is 6.10. The van der Waals surface area contributed by atoms with Crippen molar-refractivity contribution in [2.75, 3.05) is 6.26 Å². The molecule has 8 heteroatoms. The molecule has 3 N–H and O–H groups in total. The second-order valence-corrected chi connectivity index (χ2v) is 9.68. The van der Waals surface area contributed by atoms with Gasteiger partial charge in [-0.1, -0.05) is 23.7 Å². The van der Waals surface area contributed by atoms with Crippen molar-refractivity contribution >= 4 is 58.1 Å². The average Bonchev–Trinajstić information content (AvgIpc) is 3.42. The largest absolute Gasteiger partial charge is 0.383 e. The highest BCUT2D eigenvalue weighted by atomic mass is 35.5. The number of aliphatic imine (C=N–C) groups is 1. The van der Waals surface area contributed by atoms with Crippen molar-refractivity contribution in [1.29, 1.82) is 5.41 Å². The van der Waals surface area contributed by atoms with E-state index in [4.69, 9.17) is 32.7 Å². The Kier molecular flexibility index (Phi) is 5.18. The Morgan fingerprint density at radius 1 is 1.36 bits per heavy atom. The molecule has 3 heterocycles. The first-order valence-corrected chi connectivity index (χ1v) is 11.7. The van der Waals surface area contributed by atoms with E-state index in [1.54, 1.807) is 23.1 Å². The van der Waals surface area contributed by atoms with Crippen LogP contribution in [0, 0.1) is 12.3 Å². The van der Waals surface area contributed by atoms with Crippen LogP contribution in [0.4, 0.5) is 0 Å². The molecule has 0 saturated carbocycles. The van der Waals surface area contributed by atoms with Crippen molar-refractivity contribution in [2.24, 2.45) is 10.7 Å². The van der Waals surface area contributed by atoms with Gasteiger partial charge < -0.3 is 5.73 Å². The Labute approximate surface area is 180 Å². The molecule has 0 saturated heterocycles. The number of hydrogen-bond acceptors (Lipinski definition) is 6. The molecule has 1 atom stereocenters. The van der Waals surface area contributed by atoms with Gasteiger partial charge in [-0.2, -0.15) is 0 Å². The number of nitrogens with two attached hydrogens (primary N) is 1. The van der Waals surface area contributed by atoms with Gasteiger partial charge in [0.2, 0.25) is 0 Å². The minimum absolute atomic E-state index is 0.0800. The molecule has 2 aromatic heterocycles. The van der Waals surface area contributed by atoms with Crippen LogP contribution in [0.1, 0.15) is 21.0 Å². The lowest BCUT2D eigenvalue weighted by Crippen LogP contribution is -2.22. The summed E-state index contributed by atoms with van der Waals surface area (Å²) in [6.07, 6.45) is 7.85. The number of halogens is 1. The maximum atomic E-state index is 7.73. The fraction of sp³-hybridized carbons (Fsp3) is 0.150. The lowest BCUT2D eigenvalue weighted by atomic mass is 9.88. The molecule has 3 aromatic rings. The molecule has 4 rings (SSSR count). The molecule has 1 aliphatic heterocycles. The molecule has 28 heavy (non-hydrogen) atoms. The van der Waals surface area contributed by atoms with Gasteiger partial charge in [0.25, 0.3) is 0 Å². The number of thioether (sulfide) groups is 1. The molecule has 1 unspecified atom stereocenters. The van der Waals surface area contributed by atoms with E-state index in [0.717, 1.165) is 41.5 Å². The predicted octanol–water partition coefficient (Wildman–Crippen LogP) is 5.72. The number of nitrogen functional groups attached to an aromatic ring is 1. The number of aromatic nitrogens is 1. The van der Waals surface area contributed by atoms with E-state index < -0.39 is 5.54 Å². The molecule has 0 radical (unpaired) electrons. The standard InChI is InChI=1S/C20H17ClN4S3/c1-11-13(5-3-6-14(11)21)20(7-4-8-24-20)19-25-15(10-27-19)12-9-16(17(22)23)28-18(12)26-2/h3-10H,1-2H3,(H3,22,23). The Balaban J connectivity index is 1.84. The van der Waals surface area contributed by atoms with Crippen LogP contribution in [-0.2, 0) is 5.54 Å². The molecule has 0 amide bonds. The van der Waals surface area contributed by atoms with Crippen LogP contribution in [0.5, 0.6) is 0 Å². The van der Waals surface area contributed by atoms with Gasteiger partial charge in [0, 0.05) is 22.2 Å². The summed E-state index contributed by atoms with van der Waals surface area (Å²) in [4.78, 5) is 10.5. The van der Waals surface area contributed by atoms with Gasteiger partial charge in [-0.3, -0.25) is 10.4 Å². The number of benzene rings is 1. The number of allylic oxidation sites excluding steroid dienone is 1. The van der Waals surface area contributed by atoms with Gasteiger partial charge in [0.05, 0.1) is 14.8 Å². The number of amidine groups is 1. The van der Waals surface area contributed by atoms with Crippen LogP contribution in [0.15, 0.2) is 51.0 Å². The molecule has 0 aliphatic carbocycles. The molecule has 0 bridgehead atoms. The summed E-state index contributed by atoms with van der Waals surface area (Å²) in [6, 6.07) is 7.85. The summed E-state index contributed by atoms with van der Waals surface area (Å²) < 4.78 is 1.10. The van der Waals surface area contributed by atoms with Gasteiger partial charge in [0.1, 0.15) is 10.8 Å². The van der Waals surface area contributed by atoms with Crippen molar-refractivity contribution in [1.82, 2.24) is 4.98 Å². The summed E-state index contributed by atoms with van der Waals surface area (Å²) in [5, 5.41) is 11.4. The Morgan fingerprint density at radius 3 is 2.86 bits per heavy atom. The molecule has 0 fully saturated rings. The lowest BCUT2D eigenvalue weighted by molar-refractivity contribution is 0.688. The van der Waals surface area contributed by atoms with E-state index in [0.29, 0.717) is 0 Å². The molecule has 0 spiro atoms. The third-order valence-corrected chi connectivity index (χ3v) is 8.32. The smallest absolute Gasteiger partial charge is 0.156 e. The Hall–Kier alpha value is -1.93. The maximum Gasteiger partial charge on any atom is 0.156 e. The summed E-state index contributed by atoms with van der Waals surface area (Å²) in [5.41, 5.74) is 8.95. The van der Waals surface area contributed by atoms with Crippen molar-refractivity contribution in [3.05, 3.63) is 67.8 Å². The van der Waals surface area contributed by atoms with E-state index in [-0.39, 0.29) is 5.84 Å². The molecule has 1 aromatic carbocycles. The molecular weight excluding hydrogens is 428 g/mol. The number of rotatable bonds is 5. The molecule has 4 nitrogen and oxygen atoms in total. The molecule has 1 aliphatic rings. The van der Waals surface area contributed by atoms with E-state index in [2.05, 4.69) is 12.1 Å². The molecular formula is C20H17ClN4S3. The highest BCUT2D eigenvalue weighted by Crippen LogP contribution is 2.44. The zero-order valence-corrected chi connectivity index (χ0v) is 18.4. The maximum absolute atomic E-state index is 7.73. The highest BCUT2D eigenvalue weighted by Gasteiger charge is 2.37. The third-order valence-electron chi connectivity index (χ3n) is 4.64. The highest BCUT2D eigenvalue weighted by molar-refractivity contribution is 8.00. The second-order valence-electron chi connectivity index (χ2n) is 6.28. The van der Waals surface area contributed by atoms with Gasteiger partial charge in [0.15, 0.2) is 5.54 Å². The Morgan fingerprint density at radius 2 is 2.18 bits per heavy atom. The fourth-order valence-electron chi connectivity index (χ4n) is 3.22. The summed E-state index contributed by atoms with van der Waals surface area (Å²) >= 11 is 11.1. The summed E-state index contributed by atoms with van der Waals surface area (Å²) in [5.74, 6) is 0.0800. The summed E-state index contributed by atoms with van der Waals surface area (Å²) in [7, 11) is 0. The first kappa shape index (κ1) is 19.4. The van der Waals surface area contributed by atoms with Gasteiger partial charge >= 0.3 is 0 Å². The normalized spacial score (nSPS) is 18.1. The average molecular weight is 445 g/mol. The van der Waals surface area contributed by atoms with Crippen LogP contribution in [0.2, 0.25) is 5.02 Å². The third kappa shape index (κ3) is 3.12. The topological polar surface area (TPSA) is 75.1 Å². The van der Waals surface area contributed by atoms with Crippen LogP contribution in [-0.4, -0.2) is 23.3 Å². The van der Waals surface area contributed by atoms with E-state index >= 15 is 0 Å². The van der Waals surface area contributed by atoms with Crippen molar-refractivity contribution in [2.45, 2.75) is 16.7 Å². The Bertz CT molecular complexity index is 1110. The zero-order valence-electron chi connectivity index (χ0n) is 15.2. The first-order valence-electron chi connectivity index (χ1n) is 8.43. The molecule has 142 valence electrons. The van der Waals surface area contributed by atoms with E-state index in [9.17, 15) is 0 Å². The SMILES string of the molecule is CSc1sc(C(=N)N)cc1-c1csc(C2(c3cccc(Cl)c3C)C=CC=N2)n1. The zero-order chi connectivity index (χ0) is 19.9. The van der Waals surface area contributed by atoms with Crippen LogP contribution in [0.25, 0.3) is 11.3 Å². The van der Waals surface area contributed by atoms with Crippen LogP contribution >= 0.6 is 46.0 Å². The quantitative estimate of drug-likeness (QED) is 0.300. The second kappa shape index (κ2) is 7.48. The van der Waals surface area contributed by atoms with Crippen LogP contribution < -0.4 is 5.73 Å². The minimum Gasteiger partial charge on any atom is -0.383 e. The number of nitrogens with zero attached hydrogens (tertiary/aromatic N) is 2. The van der Waals surface area contributed by atoms with E-state index in [1.165, 1.54) is 11.3 Å².